The van der Waals surface area contributed by atoms with Crippen molar-refractivity contribution in [2.75, 3.05) is 4.90 Å². The Kier molecular flexibility index (Phi) is 6.47. The molecule has 7 aromatic carbocycles. The summed E-state index contributed by atoms with van der Waals surface area (Å²) < 4.78 is 2.64. The van der Waals surface area contributed by atoms with E-state index in [1.165, 1.54) is 58.9 Å². The van der Waals surface area contributed by atoms with Crippen molar-refractivity contribution < 1.29 is 0 Å². The maximum atomic E-state index is 2.47. The largest absolute Gasteiger partial charge is 0.309 e. The molecule has 49 heavy (non-hydrogen) atoms. The smallest absolute Gasteiger partial charge is 0.0640 e. The number of nitrogens with zero attached hydrogens (tertiary/aromatic N) is 1. The number of hydrogen-bond donors (Lipinski definition) is 0. The van der Waals surface area contributed by atoms with Crippen LogP contribution in [0.3, 0.4) is 0 Å². The van der Waals surface area contributed by atoms with E-state index in [-0.39, 0.29) is 11.3 Å². The predicted molar refractivity (Wildman–Crippen MR) is 209 cm³/mol. The number of benzene rings is 7. The number of para-hydroxylation sites is 1. The van der Waals surface area contributed by atoms with Gasteiger partial charge in [0.2, 0.25) is 0 Å². The van der Waals surface area contributed by atoms with Gasteiger partial charge in [-0.2, -0.15) is 0 Å². The second kappa shape index (κ2) is 11.2. The zero-order valence-corrected chi connectivity index (χ0v) is 27.7. The van der Waals surface area contributed by atoms with Gasteiger partial charge in [0.1, 0.15) is 0 Å². The van der Waals surface area contributed by atoms with Crippen molar-refractivity contribution in [2.45, 2.75) is 11.3 Å². The minimum absolute atomic E-state index is 0.261. The number of fused-ring (bicyclic) bond motifs is 8. The van der Waals surface area contributed by atoms with Crippen LogP contribution in [-0.2, 0) is 5.41 Å². The van der Waals surface area contributed by atoms with E-state index in [0.29, 0.717) is 5.92 Å². The van der Waals surface area contributed by atoms with Gasteiger partial charge in [0.25, 0.3) is 0 Å². The fourth-order valence-electron chi connectivity index (χ4n) is 8.79. The summed E-state index contributed by atoms with van der Waals surface area (Å²) in [6, 6.07) is 60.7. The minimum atomic E-state index is -0.343. The molecule has 8 aromatic rings. The third-order valence-electron chi connectivity index (χ3n) is 10.8. The summed E-state index contributed by atoms with van der Waals surface area (Å²) in [6.07, 6.45) is 9.32. The Morgan fingerprint density at radius 1 is 0.490 bits per heavy atom. The summed E-state index contributed by atoms with van der Waals surface area (Å²) >= 11 is 1.91. The van der Waals surface area contributed by atoms with Crippen LogP contribution >= 0.6 is 11.3 Å². The molecule has 3 unspecified atom stereocenters. The first-order valence-corrected chi connectivity index (χ1v) is 17.9. The molecule has 0 aliphatic heterocycles. The van der Waals surface area contributed by atoms with Crippen molar-refractivity contribution >= 4 is 59.3 Å². The zero-order chi connectivity index (χ0) is 32.4. The van der Waals surface area contributed by atoms with Gasteiger partial charge >= 0.3 is 0 Å². The van der Waals surface area contributed by atoms with Crippen LogP contribution in [0.4, 0.5) is 17.1 Å². The Labute approximate surface area is 290 Å². The van der Waals surface area contributed by atoms with Gasteiger partial charge in [-0.3, -0.25) is 0 Å². The van der Waals surface area contributed by atoms with Crippen LogP contribution in [0.25, 0.3) is 30.9 Å². The average Bonchev–Trinajstić information content (AvgIpc) is 3.71. The van der Waals surface area contributed by atoms with Gasteiger partial charge in [0, 0.05) is 38.7 Å². The highest BCUT2D eigenvalue weighted by atomic mass is 32.1. The second-order valence-electron chi connectivity index (χ2n) is 13.2. The summed E-state index contributed by atoms with van der Waals surface area (Å²) in [7, 11) is 0. The van der Waals surface area contributed by atoms with E-state index < -0.39 is 0 Å². The monoisotopic (exact) mass is 643 g/mol. The lowest BCUT2D eigenvalue weighted by Crippen LogP contribution is -2.35. The third kappa shape index (κ3) is 4.17. The third-order valence-corrected chi connectivity index (χ3v) is 12.1. The van der Waals surface area contributed by atoms with E-state index >= 15 is 0 Å². The quantitative estimate of drug-likeness (QED) is 0.180. The van der Waals surface area contributed by atoms with Gasteiger partial charge in [-0.05, 0) is 63.4 Å². The van der Waals surface area contributed by atoms with Crippen LogP contribution in [0.2, 0.25) is 0 Å². The average molecular weight is 644 g/mol. The molecular formula is C47H33NS. The zero-order valence-electron chi connectivity index (χ0n) is 26.9. The van der Waals surface area contributed by atoms with Gasteiger partial charge in [-0.1, -0.05) is 158 Å². The van der Waals surface area contributed by atoms with Gasteiger partial charge < -0.3 is 4.90 Å². The van der Waals surface area contributed by atoms with Crippen molar-refractivity contribution in [3.8, 4) is 0 Å². The molecular weight excluding hydrogens is 611 g/mol. The standard InChI is InChI=1S/C47H33NS/c1-3-16-33(17-4-1)47(42-26-11-9-23-38(42)39-24-10-12-27-43(39)47)34-18-13-21-36(31-34)48(35-19-5-2-6-20-35)44-28-14-25-40-41-30-29-32-15-7-8-22-37(32)45(41)49-46(40)44/h1-31,38,42H. The Balaban J connectivity index is 1.24. The molecule has 0 radical (unpaired) electrons. The summed E-state index contributed by atoms with van der Waals surface area (Å²) in [5.74, 6) is 0.578. The van der Waals surface area contributed by atoms with Crippen LogP contribution in [0.5, 0.6) is 0 Å². The summed E-state index contributed by atoms with van der Waals surface area (Å²) in [5, 5.41) is 5.21. The van der Waals surface area contributed by atoms with Gasteiger partial charge in [-0.25, -0.2) is 0 Å². The van der Waals surface area contributed by atoms with Crippen LogP contribution in [-0.4, -0.2) is 0 Å². The van der Waals surface area contributed by atoms with Crippen LogP contribution in [0, 0.1) is 5.92 Å². The van der Waals surface area contributed by atoms with Crippen molar-refractivity contribution in [1.29, 1.82) is 0 Å². The van der Waals surface area contributed by atoms with Gasteiger partial charge in [0.05, 0.1) is 15.8 Å². The maximum absolute atomic E-state index is 2.47. The highest BCUT2D eigenvalue weighted by molar-refractivity contribution is 7.27. The Bertz CT molecular complexity index is 2580. The first-order valence-electron chi connectivity index (χ1n) is 17.1. The van der Waals surface area contributed by atoms with Crippen molar-refractivity contribution in [3.05, 3.63) is 210 Å². The predicted octanol–water partition coefficient (Wildman–Crippen LogP) is 12.9. The minimum Gasteiger partial charge on any atom is -0.309 e. The van der Waals surface area contributed by atoms with Crippen LogP contribution < -0.4 is 4.90 Å². The summed E-state index contributed by atoms with van der Waals surface area (Å²) in [4.78, 5) is 2.47. The SMILES string of the molecule is C1=CC2c3ccccc3C(c3ccccc3)(c3cccc(N(c4ccccc4)c4cccc5c4sc4c6ccccc6ccc54)c3)C2C=C1. The highest BCUT2D eigenvalue weighted by Crippen LogP contribution is 2.60. The molecule has 1 nitrogen and oxygen atoms in total. The number of anilines is 3. The molecule has 1 aromatic heterocycles. The number of thiophene rings is 1. The van der Waals surface area contributed by atoms with E-state index in [1.54, 1.807) is 0 Å². The fraction of sp³-hybridized carbons (Fsp3) is 0.0638. The van der Waals surface area contributed by atoms with E-state index in [0.717, 1.165) is 11.4 Å². The van der Waals surface area contributed by atoms with Crippen LogP contribution in [0.15, 0.2) is 188 Å². The lowest BCUT2D eigenvalue weighted by molar-refractivity contribution is 0.457. The molecule has 232 valence electrons. The van der Waals surface area contributed by atoms with Crippen LogP contribution in [0.1, 0.15) is 28.2 Å². The van der Waals surface area contributed by atoms with Gasteiger partial charge in [-0.15, -0.1) is 11.3 Å². The number of hydrogen-bond acceptors (Lipinski definition) is 2. The van der Waals surface area contributed by atoms with Crippen molar-refractivity contribution in [3.63, 3.8) is 0 Å². The molecule has 0 N–H and O–H groups in total. The first-order chi connectivity index (χ1) is 24.3. The molecule has 0 spiro atoms. The molecule has 0 amide bonds. The summed E-state index contributed by atoms with van der Waals surface area (Å²) in [5.41, 5.74) is 8.62. The molecule has 0 bridgehead atoms. The Morgan fingerprint density at radius 2 is 1.16 bits per heavy atom. The molecule has 2 heteroatoms. The van der Waals surface area contributed by atoms with Crippen molar-refractivity contribution in [1.82, 2.24) is 0 Å². The number of allylic oxidation sites excluding steroid dienone is 4. The summed E-state index contributed by atoms with van der Waals surface area (Å²) in [6.45, 7) is 0. The normalized spacial score (nSPS) is 19.3. The first kappa shape index (κ1) is 28.3. The Hall–Kier alpha value is -5.70. The van der Waals surface area contributed by atoms with E-state index in [9.17, 15) is 0 Å². The topological polar surface area (TPSA) is 3.24 Å². The number of rotatable bonds is 5. The maximum Gasteiger partial charge on any atom is 0.0640 e. The fourth-order valence-corrected chi connectivity index (χ4v) is 10.1. The molecule has 0 saturated heterocycles. The van der Waals surface area contributed by atoms with Gasteiger partial charge in [0.15, 0.2) is 0 Å². The molecule has 0 fully saturated rings. The highest BCUT2D eigenvalue weighted by Gasteiger charge is 2.52. The molecule has 0 saturated carbocycles. The molecule has 1 heterocycles. The molecule has 3 atom stereocenters. The molecule has 2 aliphatic rings. The second-order valence-corrected chi connectivity index (χ2v) is 14.2. The molecule has 2 aliphatic carbocycles. The van der Waals surface area contributed by atoms with E-state index in [4.69, 9.17) is 0 Å². The van der Waals surface area contributed by atoms with Crippen molar-refractivity contribution in [2.24, 2.45) is 5.92 Å². The lowest BCUT2D eigenvalue weighted by Gasteiger charge is -2.39. The van der Waals surface area contributed by atoms with E-state index in [2.05, 4.69) is 193 Å². The lowest BCUT2D eigenvalue weighted by atomic mass is 9.63. The Morgan fingerprint density at radius 3 is 2.06 bits per heavy atom. The van der Waals surface area contributed by atoms with E-state index in [1.807, 2.05) is 11.3 Å². The molecule has 10 rings (SSSR count).